The third-order valence-corrected chi connectivity index (χ3v) is 17.4. The highest BCUT2D eigenvalue weighted by Crippen LogP contribution is 2.79. The summed E-state index contributed by atoms with van der Waals surface area (Å²) >= 11 is 0. The summed E-state index contributed by atoms with van der Waals surface area (Å²) in [6.45, 7) is 10.7. The first kappa shape index (κ1) is 28.1. The number of allylic oxidation sites excluding steroid dienone is 1. The molecule has 2 aliphatic carbocycles. The molecule has 3 aromatic rings. The number of fused-ring (bicyclic) bond motifs is 4. The molecule has 1 unspecified atom stereocenters. The Kier molecular flexibility index (Phi) is 4.63. The van der Waals surface area contributed by atoms with Gasteiger partial charge in [0.1, 0.15) is 0 Å². The van der Waals surface area contributed by atoms with Crippen molar-refractivity contribution in [2.24, 2.45) is 17.3 Å². The molecule has 7 heteroatoms. The van der Waals surface area contributed by atoms with Gasteiger partial charge in [0, 0.05) is 76.7 Å². The van der Waals surface area contributed by atoms with Crippen LogP contribution in [0.3, 0.4) is 0 Å². The number of aromatic nitrogens is 1. The largest absolute Gasteiger partial charge is 0.372 e. The number of hydrogen-bond donors (Lipinski definition) is 0. The summed E-state index contributed by atoms with van der Waals surface area (Å²) in [5.41, 5.74) is 6.40. The Morgan fingerprint density at radius 2 is 1.82 bits per heavy atom. The van der Waals surface area contributed by atoms with Gasteiger partial charge < -0.3 is 14.2 Å². The number of benzene rings is 2. The summed E-state index contributed by atoms with van der Waals surface area (Å²) in [6, 6.07) is 18.2. The second-order valence-corrected chi connectivity index (χ2v) is 18.2. The van der Waals surface area contributed by atoms with Crippen molar-refractivity contribution in [2.45, 2.75) is 99.0 Å². The summed E-state index contributed by atoms with van der Waals surface area (Å²) < 4.78 is 9.67. The van der Waals surface area contributed by atoms with E-state index < -0.39 is 11.0 Å². The van der Waals surface area contributed by atoms with Crippen LogP contribution in [0.5, 0.6) is 0 Å². The normalized spacial score (nSPS) is 48.7. The topological polar surface area (TPSA) is 58.0 Å². The molecule has 8 fully saturated rings. The van der Waals surface area contributed by atoms with E-state index in [0.29, 0.717) is 36.4 Å². The minimum absolute atomic E-state index is 0.0428. The lowest BCUT2D eigenvalue weighted by Crippen LogP contribution is -2.86. The molecule has 0 N–H and O–H groups in total. The lowest BCUT2D eigenvalue weighted by atomic mass is 9.40. The third kappa shape index (κ3) is 2.42. The zero-order valence-corrected chi connectivity index (χ0v) is 29.2. The van der Waals surface area contributed by atoms with E-state index >= 15 is 4.79 Å². The number of para-hydroxylation sites is 2. The molecule has 6 saturated heterocycles. The van der Waals surface area contributed by atoms with Crippen LogP contribution in [0.25, 0.3) is 10.9 Å². The molecule has 10 heterocycles. The molecule has 9 aliphatic heterocycles. The van der Waals surface area contributed by atoms with E-state index in [1.54, 1.807) is 6.07 Å². The predicted octanol–water partition coefficient (Wildman–Crippen LogP) is 5.47. The first-order chi connectivity index (χ1) is 24.3. The standard InChI is InChI=1S/C43H44N4O3/c1-4-24-22-46-32-13-12-26(24)36-41(32,29-10-7-8-27-31(48)14-17-45(36)35(27)29)23-40(46,3)39(2)20-33-43-34-25(15-19-50-33)21-44-18-16-42(43,37(34)44)28-9-5-6-11-30(28)47(43)38(39)49/h4-11,14-15,17,26,32-34,36-37H,12-13,16,18-23H2,1-3H3/b24-4+/t26-,32-,33+,34+,36-,37+,39-,40-,41+,42-,43-/m1/s1. The van der Waals surface area contributed by atoms with Crippen LogP contribution in [-0.2, 0) is 20.4 Å². The molecule has 11 aliphatic rings. The number of piperidine rings is 1. The zero-order chi connectivity index (χ0) is 33.3. The SMILES string of the molecule is C/C=C1\CN2[C@@H]3CC[C@H]1[C@H]1n4ccc(=O)c5cccc(c54)[C@@]31C[C@]2(C)[C@]1(C)C[C@@H]2OCC=C3CN4CC[C@]56c7ccccc7N(C1=O)[C@@]25[C@@H]3[C@H]46. The number of anilines is 1. The van der Waals surface area contributed by atoms with E-state index in [-0.39, 0.29) is 33.9 Å². The van der Waals surface area contributed by atoms with Crippen LogP contribution in [0.4, 0.5) is 5.69 Å². The number of carbonyl (C=O) groups is 1. The van der Waals surface area contributed by atoms with Gasteiger partial charge in [-0.25, -0.2) is 0 Å². The van der Waals surface area contributed by atoms with Gasteiger partial charge in [0.15, 0.2) is 5.43 Å². The number of hydrogen-bond acceptors (Lipinski definition) is 5. The second kappa shape index (κ2) is 8.24. The molecule has 1 aromatic heterocycles. The van der Waals surface area contributed by atoms with Crippen molar-refractivity contribution in [1.82, 2.24) is 14.4 Å². The molecule has 2 saturated carbocycles. The molecular weight excluding hydrogens is 620 g/mol. The van der Waals surface area contributed by atoms with E-state index in [4.69, 9.17) is 4.74 Å². The van der Waals surface area contributed by atoms with Crippen LogP contribution < -0.4 is 10.3 Å². The molecule has 50 heavy (non-hydrogen) atoms. The van der Waals surface area contributed by atoms with Crippen molar-refractivity contribution in [1.29, 1.82) is 0 Å². The van der Waals surface area contributed by atoms with Crippen LogP contribution >= 0.6 is 0 Å². The fraction of sp³-hybridized carbons (Fsp3) is 0.535. The quantitative estimate of drug-likeness (QED) is 0.323. The van der Waals surface area contributed by atoms with E-state index in [1.165, 1.54) is 22.3 Å². The molecule has 7 nitrogen and oxygen atoms in total. The molecule has 1 amide bonds. The van der Waals surface area contributed by atoms with Crippen molar-refractivity contribution in [3.63, 3.8) is 0 Å². The predicted molar refractivity (Wildman–Crippen MR) is 191 cm³/mol. The Labute approximate surface area is 292 Å². The van der Waals surface area contributed by atoms with Crippen LogP contribution in [0.15, 0.2) is 82.8 Å². The molecule has 254 valence electrons. The van der Waals surface area contributed by atoms with Crippen LogP contribution in [0.2, 0.25) is 0 Å². The fourth-order valence-electron chi connectivity index (χ4n) is 15.8. The van der Waals surface area contributed by atoms with Gasteiger partial charge in [-0.2, -0.15) is 0 Å². The van der Waals surface area contributed by atoms with Crippen LogP contribution in [-0.4, -0.2) is 75.8 Å². The van der Waals surface area contributed by atoms with E-state index in [2.05, 4.69) is 94.8 Å². The van der Waals surface area contributed by atoms with Crippen molar-refractivity contribution in [2.75, 3.05) is 31.1 Å². The molecule has 14 rings (SSSR count). The molecule has 4 bridgehead atoms. The van der Waals surface area contributed by atoms with Gasteiger partial charge in [0.2, 0.25) is 5.91 Å². The lowest BCUT2D eigenvalue weighted by Gasteiger charge is -2.71. The lowest BCUT2D eigenvalue weighted by molar-refractivity contribution is -0.177. The Hall–Kier alpha value is -3.52. The van der Waals surface area contributed by atoms with Gasteiger partial charge in [-0.3, -0.25) is 19.4 Å². The van der Waals surface area contributed by atoms with E-state index in [0.717, 1.165) is 68.3 Å². The first-order valence-electron chi connectivity index (χ1n) is 19.3. The van der Waals surface area contributed by atoms with Gasteiger partial charge in [0.05, 0.1) is 35.2 Å². The molecule has 3 spiro atoms. The van der Waals surface area contributed by atoms with Gasteiger partial charge in [-0.1, -0.05) is 53.6 Å². The Morgan fingerprint density at radius 1 is 0.960 bits per heavy atom. The maximum absolute atomic E-state index is 16.2. The van der Waals surface area contributed by atoms with Gasteiger partial charge in [-0.05, 0) is 82.7 Å². The summed E-state index contributed by atoms with van der Waals surface area (Å²) in [5, 5.41) is 0.840. The highest BCUT2D eigenvalue weighted by atomic mass is 16.5. The Morgan fingerprint density at radius 3 is 2.70 bits per heavy atom. The highest BCUT2D eigenvalue weighted by Gasteiger charge is 2.89. The summed E-state index contributed by atoms with van der Waals surface area (Å²) in [7, 11) is 0. The molecule has 0 radical (unpaired) electrons. The van der Waals surface area contributed by atoms with Crippen LogP contribution in [0, 0.1) is 17.3 Å². The van der Waals surface area contributed by atoms with Crippen molar-refractivity contribution < 1.29 is 9.53 Å². The second-order valence-electron chi connectivity index (χ2n) is 18.2. The minimum Gasteiger partial charge on any atom is -0.372 e. The average Bonchev–Trinajstić information content (AvgIpc) is 3.74. The van der Waals surface area contributed by atoms with Gasteiger partial charge >= 0.3 is 0 Å². The maximum atomic E-state index is 16.2. The molecular formula is C43H44N4O3. The minimum atomic E-state index is -0.687. The Balaban J connectivity index is 1.05. The highest BCUT2D eigenvalue weighted by molar-refractivity contribution is 6.06. The third-order valence-electron chi connectivity index (χ3n) is 17.4. The van der Waals surface area contributed by atoms with Crippen molar-refractivity contribution in [3.8, 4) is 0 Å². The number of ether oxygens (including phenoxy) is 1. The van der Waals surface area contributed by atoms with Crippen molar-refractivity contribution >= 4 is 22.5 Å². The van der Waals surface area contributed by atoms with Gasteiger partial charge in [-0.15, -0.1) is 0 Å². The fourth-order valence-corrected chi connectivity index (χ4v) is 15.8. The smallest absolute Gasteiger partial charge is 0.235 e. The molecule has 2 aromatic carbocycles. The Bertz CT molecular complexity index is 2290. The summed E-state index contributed by atoms with van der Waals surface area (Å²) in [5.74, 6) is 1.07. The monoisotopic (exact) mass is 664 g/mol. The van der Waals surface area contributed by atoms with Crippen LogP contribution in [0.1, 0.15) is 70.0 Å². The number of pyridine rings is 1. The average molecular weight is 665 g/mol. The zero-order valence-electron chi connectivity index (χ0n) is 29.2. The number of rotatable bonds is 1. The number of nitrogens with zero attached hydrogens (tertiary/aromatic N) is 4. The summed E-state index contributed by atoms with van der Waals surface area (Å²) in [6.07, 6.45) is 11.8. The first-order valence-corrected chi connectivity index (χ1v) is 19.3. The van der Waals surface area contributed by atoms with Crippen molar-refractivity contribution in [3.05, 3.63) is 99.4 Å². The number of amides is 1. The van der Waals surface area contributed by atoms with Gasteiger partial charge in [0.25, 0.3) is 0 Å². The van der Waals surface area contributed by atoms with E-state index in [9.17, 15) is 4.79 Å². The van der Waals surface area contributed by atoms with E-state index in [1.807, 2.05) is 6.07 Å². The maximum Gasteiger partial charge on any atom is 0.235 e. The molecule has 12 atom stereocenters. The number of carbonyl (C=O) groups excluding carboxylic acids is 1. The summed E-state index contributed by atoms with van der Waals surface area (Å²) in [4.78, 5) is 37.5.